The Morgan fingerprint density at radius 3 is 2.30 bits per heavy atom. The number of allylic oxidation sites excluding steroid dienone is 5. The predicted octanol–water partition coefficient (Wildman–Crippen LogP) is 5.81. The summed E-state index contributed by atoms with van der Waals surface area (Å²) in [6, 6.07) is 3.83. The Hall–Kier alpha value is -1.48. The van der Waals surface area contributed by atoms with Crippen molar-refractivity contribution in [1.29, 1.82) is 0 Å². The largest absolute Gasteiger partial charge is 0.519 e. The van der Waals surface area contributed by atoms with Crippen molar-refractivity contribution in [3.63, 3.8) is 0 Å². The van der Waals surface area contributed by atoms with Gasteiger partial charge in [-0.3, -0.25) is 0 Å². The summed E-state index contributed by atoms with van der Waals surface area (Å²) in [6.07, 6.45) is 11.8. The Morgan fingerprint density at radius 2 is 1.70 bits per heavy atom. The molecule has 1 rings (SSSR count). The van der Waals surface area contributed by atoms with Crippen molar-refractivity contribution in [2.75, 3.05) is 0 Å². The molecule has 0 radical (unpaired) electrons. The second-order valence-corrected chi connectivity index (χ2v) is 11.0. The fraction of sp³-hybridized carbons (Fsp3) is 0.412. The van der Waals surface area contributed by atoms with Gasteiger partial charge in [0.25, 0.3) is 14.3 Å². The zero-order valence-corrected chi connectivity index (χ0v) is 14.4. The molecule has 0 aromatic carbocycles. The molecule has 0 spiro atoms. The summed E-state index contributed by atoms with van der Waals surface area (Å²) in [7, 11) is -1.82. The maximum absolute atomic E-state index is 6.10. The van der Waals surface area contributed by atoms with Gasteiger partial charge < -0.3 is 8.84 Å². The number of hydrogen-bond acceptors (Lipinski definition) is 2. The lowest BCUT2D eigenvalue weighted by Gasteiger charge is -2.35. The van der Waals surface area contributed by atoms with E-state index in [1.54, 1.807) is 0 Å². The Morgan fingerprint density at radius 1 is 1.05 bits per heavy atom. The van der Waals surface area contributed by atoms with Crippen LogP contribution in [0.2, 0.25) is 18.1 Å². The summed E-state index contributed by atoms with van der Waals surface area (Å²) in [5.74, 6) is 1.43. The second-order valence-electron chi connectivity index (χ2n) is 6.29. The van der Waals surface area contributed by atoms with E-state index in [9.17, 15) is 0 Å². The fourth-order valence-corrected chi connectivity index (χ4v) is 2.19. The molecule has 0 N–H and O–H groups in total. The van der Waals surface area contributed by atoms with Gasteiger partial charge in [-0.15, -0.1) is 0 Å². The van der Waals surface area contributed by atoms with Gasteiger partial charge in [-0.1, -0.05) is 51.2 Å². The molecule has 3 heteroatoms. The molecular formula is C17H26O2Si. The van der Waals surface area contributed by atoms with Gasteiger partial charge in [0.2, 0.25) is 0 Å². The van der Waals surface area contributed by atoms with Crippen molar-refractivity contribution < 1.29 is 8.84 Å². The van der Waals surface area contributed by atoms with E-state index in [1.807, 2.05) is 55.5 Å². The molecule has 0 fully saturated rings. The van der Waals surface area contributed by atoms with Crippen LogP contribution >= 0.6 is 0 Å². The molecule has 0 saturated carbocycles. The maximum atomic E-state index is 6.10. The highest BCUT2D eigenvalue weighted by atomic mass is 28.4. The highest BCUT2D eigenvalue weighted by Gasteiger charge is 2.39. The van der Waals surface area contributed by atoms with Crippen molar-refractivity contribution in [1.82, 2.24) is 0 Å². The van der Waals surface area contributed by atoms with E-state index >= 15 is 0 Å². The second kappa shape index (κ2) is 6.80. The van der Waals surface area contributed by atoms with Gasteiger partial charge >= 0.3 is 0 Å². The van der Waals surface area contributed by atoms with Gasteiger partial charge in [0.1, 0.15) is 5.76 Å². The molecule has 110 valence electrons. The van der Waals surface area contributed by atoms with E-state index in [1.165, 1.54) is 0 Å². The average molecular weight is 290 g/mol. The summed E-state index contributed by atoms with van der Waals surface area (Å²) in [5.41, 5.74) is 0. The molecule has 2 nitrogen and oxygen atoms in total. The van der Waals surface area contributed by atoms with Gasteiger partial charge in [-0.05, 0) is 37.2 Å². The third kappa shape index (κ3) is 4.89. The summed E-state index contributed by atoms with van der Waals surface area (Å²) in [4.78, 5) is 0. The molecule has 0 aliphatic heterocycles. The van der Waals surface area contributed by atoms with Crippen LogP contribution in [0.3, 0.4) is 0 Å². The summed E-state index contributed by atoms with van der Waals surface area (Å²) < 4.78 is 11.8. The third-order valence-electron chi connectivity index (χ3n) is 3.55. The Labute approximate surface area is 124 Å². The summed E-state index contributed by atoms with van der Waals surface area (Å²) in [6.45, 7) is 13.1. The minimum Gasteiger partial charge on any atom is -0.519 e. The van der Waals surface area contributed by atoms with E-state index in [0.29, 0.717) is 5.95 Å². The molecule has 0 saturated heterocycles. The van der Waals surface area contributed by atoms with Gasteiger partial charge in [0.15, 0.2) is 0 Å². The zero-order chi connectivity index (χ0) is 15.2. The highest BCUT2D eigenvalue weighted by Crippen LogP contribution is 2.37. The van der Waals surface area contributed by atoms with Crippen molar-refractivity contribution >= 4 is 14.4 Å². The van der Waals surface area contributed by atoms with E-state index in [2.05, 4.69) is 33.9 Å². The predicted molar refractivity (Wildman–Crippen MR) is 89.5 cm³/mol. The van der Waals surface area contributed by atoms with Crippen molar-refractivity contribution in [3.8, 4) is 5.95 Å². The quantitative estimate of drug-likeness (QED) is 0.504. The van der Waals surface area contributed by atoms with Crippen molar-refractivity contribution in [2.24, 2.45) is 0 Å². The molecule has 20 heavy (non-hydrogen) atoms. The van der Waals surface area contributed by atoms with Gasteiger partial charge in [-0.25, -0.2) is 0 Å². The Bertz CT molecular complexity index is 499. The molecule has 1 heterocycles. The van der Waals surface area contributed by atoms with Crippen LogP contribution in [0.5, 0.6) is 5.95 Å². The van der Waals surface area contributed by atoms with Crippen molar-refractivity contribution in [2.45, 2.75) is 45.8 Å². The first-order chi connectivity index (χ1) is 9.26. The lowest BCUT2D eigenvalue weighted by Crippen LogP contribution is -2.43. The molecule has 1 aromatic heterocycles. The van der Waals surface area contributed by atoms with Crippen LogP contribution in [-0.4, -0.2) is 8.32 Å². The minimum atomic E-state index is -1.82. The van der Waals surface area contributed by atoms with Crippen LogP contribution in [0.4, 0.5) is 0 Å². The lowest BCUT2D eigenvalue weighted by atomic mass is 10.2. The minimum absolute atomic E-state index is 0.172. The van der Waals surface area contributed by atoms with Gasteiger partial charge in [0, 0.05) is 6.07 Å². The molecule has 0 amide bonds. The van der Waals surface area contributed by atoms with Crippen LogP contribution in [0.1, 0.15) is 33.5 Å². The topological polar surface area (TPSA) is 22.4 Å². The SMILES string of the molecule is C/C=C/C=C/C=C/c1ccc(O[Si](C)(C)C(C)(C)C)o1. The smallest absolute Gasteiger partial charge is 0.270 e. The number of rotatable bonds is 5. The first kappa shape index (κ1) is 16.6. The molecule has 1 aromatic rings. The van der Waals surface area contributed by atoms with E-state index in [-0.39, 0.29) is 5.04 Å². The maximum Gasteiger partial charge on any atom is 0.270 e. The van der Waals surface area contributed by atoms with E-state index in [4.69, 9.17) is 8.84 Å². The standard InChI is InChI=1S/C17H26O2Si/c1-7-8-9-10-11-12-15-13-14-16(18-15)19-20(5,6)17(2,3)4/h7-14H,1-6H3/b8-7+,10-9+,12-11+. The highest BCUT2D eigenvalue weighted by molar-refractivity contribution is 6.74. The number of furan rings is 1. The molecule has 0 unspecified atom stereocenters. The van der Waals surface area contributed by atoms with Crippen LogP contribution in [0, 0.1) is 0 Å². The Kier molecular flexibility index (Phi) is 5.63. The number of hydrogen-bond donors (Lipinski definition) is 0. The fourth-order valence-electron chi connectivity index (χ4n) is 1.27. The van der Waals surface area contributed by atoms with Crippen LogP contribution in [-0.2, 0) is 0 Å². The Balaban J connectivity index is 2.69. The first-order valence-corrected chi connectivity index (χ1v) is 9.92. The molecule has 0 aliphatic rings. The molecule has 0 atom stereocenters. The first-order valence-electron chi connectivity index (χ1n) is 7.01. The van der Waals surface area contributed by atoms with Crippen LogP contribution in [0.15, 0.2) is 46.9 Å². The molecule has 0 aliphatic carbocycles. The normalized spacial score (nSPS) is 13.9. The van der Waals surface area contributed by atoms with Gasteiger partial charge in [0.05, 0.1) is 0 Å². The third-order valence-corrected chi connectivity index (χ3v) is 7.87. The lowest BCUT2D eigenvalue weighted by molar-refractivity contribution is 0.363. The molecule has 0 bridgehead atoms. The zero-order valence-electron chi connectivity index (χ0n) is 13.4. The van der Waals surface area contributed by atoms with E-state index < -0.39 is 8.32 Å². The van der Waals surface area contributed by atoms with Crippen LogP contribution < -0.4 is 4.43 Å². The van der Waals surface area contributed by atoms with Crippen LogP contribution in [0.25, 0.3) is 6.08 Å². The summed E-state index contributed by atoms with van der Waals surface area (Å²) in [5, 5.41) is 0.172. The van der Waals surface area contributed by atoms with Gasteiger partial charge in [-0.2, -0.15) is 0 Å². The average Bonchev–Trinajstić information content (AvgIpc) is 2.74. The van der Waals surface area contributed by atoms with E-state index in [0.717, 1.165) is 5.76 Å². The monoisotopic (exact) mass is 290 g/mol. The molecular weight excluding hydrogens is 264 g/mol. The van der Waals surface area contributed by atoms with Crippen molar-refractivity contribution in [3.05, 3.63) is 48.3 Å². The summed E-state index contributed by atoms with van der Waals surface area (Å²) >= 11 is 0.